The Balaban J connectivity index is 1.88. The number of carbonyl (C=O) groups is 2. The highest BCUT2D eigenvalue weighted by molar-refractivity contribution is 6.16. The first kappa shape index (κ1) is 20.0. The van der Waals surface area contributed by atoms with Gasteiger partial charge in [-0.3, -0.25) is 20.0 Å². The second-order valence-corrected chi connectivity index (χ2v) is 7.02. The summed E-state index contributed by atoms with van der Waals surface area (Å²) in [5, 5.41) is 0.975. The molecule has 1 amide bonds. The smallest absolute Gasteiger partial charge is 0.265 e. The SMILES string of the molecule is Cc1ccc(C(=O)NN)c(C(=O)c2ccccc2)c1C#Cc1cnc2ccccc2c1. The summed E-state index contributed by atoms with van der Waals surface area (Å²) in [5.74, 6) is 10.7. The highest BCUT2D eigenvalue weighted by Crippen LogP contribution is 2.23. The number of nitrogen functional groups attached to an aromatic ring is 1. The number of rotatable bonds is 3. The van der Waals surface area contributed by atoms with Crippen LogP contribution in [-0.2, 0) is 0 Å². The van der Waals surface area contributed by atoms with Crippen LogP contribution in [0.3, 0.4) is 0 Å². The summed E-state index contributed by atoms with van der Waals surface area (Å²) in [6, 6.07) is 21.9. The molecule has 4 rings (SSSR count). The van der Waals surface area contributed by atoms with Crippen molar-refractivity contribution in [3.05, 3.63) is 112 Å². The molecule has 0 atom stereocenters. The highest BCUT2D eigenvalue weighted by atomic mass is 16.2. The monoisotopic (exact) mass is 405 g/mol. The van der Waals surface area contributed by atoms with Crippen molar-refractivity contribution in [2.75, 3.05) is 0 Å². The fourth-order valence-corrected chi connectivity index (χ4v) is 3.38. The van der Waals surface area contributed by atoms with Gasteiger partial charge in [-0.2, -0.15) is 0 Å². The van der Waals surface area contributed by atoms with Crippen molar-refractivity contribution in [1.82, 2.24) is 10.4 Å². The minimum atomic E-state index is -0.547. The lowest BCUT2D eigenvalue weighted by Gasteiger charge is -2.12. The zero-order valence-electron chi connectivity index (χ0n) is 16.8. The first-order chi connectivity index (χ1) is 15.1. The minimum absolute atomic E-state index is 0.183. The third kappa shape index (κ3) is 4.06. The second kappa shape index (κ2) is 8.62. The number of nitrogens with zero attached hydrogens (tertiary/aromatic N) is 1. The van der Waals surface area contributed by atoms with Gasteiger partial charge in [0.25, 0.3) is 5.91 Å². The number of amides is 1. The number of fused-ring (bicyclic) bond motifs is 1. The van der Waals surface area contributed by atoms with E-state index < -0.39 is 5.91 Å². The van der Waals surface area contributed by atoms with E-state index in [9.17, 15) is 9.59 Å². The first-order valence-electron chi connectivity index (χ1n) is 9.69. The molecule has 0 radical (unpaired) electrons. The first-order valence-corrected chi connectivity index (χ1v) is 9.69. The van der Waals surface area contributed by atoms with Gasteiger partial charge in [-0.1, -0.05) is 66.4 Å². The average molecular weight is 405 g/mol. The molecule has 3 N–H and O–H groups in total. The van der Waals surface area contributed by atoms with E-state index in [1.54, 1.807) is 42.6 Å². The Hall–Kier alpha value is -4.27. The molecule has 3 aromatic carbocycles. The number of aromatic nitrogens is 1. The van der Waals surface area contributed by atoms with E-state index in [1.165, 1.54) is 0 Å². The molecule has 0 aliphatic heterocycles. The van der Waals surface area contributed by atoms with Crippen molar-refractivity contribution in [1.29, 1.82) is 0 Å². The largest absolute Gasteiger partial charge is 0.290 e. The van der Waals surface area contributed by atoms with Crippen molar-refractivity contribution >= 4 is 22.6 Å². The molecule has 0 bridgehead atoms. The number of nitrogens with one attached hydrogen (secondary N) is 1. The van der Waals surface area contributed by atoms with E-state index in [2.05, 4.69) is 22.3 Å². The number of hydrogen-bond donors (Lipinski definition) is 2. The maximum atomic E-state index is 13.3. The van der Waals surface area contributed by atoms with Crippen LogP contribution in [-0.4, -0.2) is 16.7 Å². The lowest BCUT2D eigenvalue weighted by atomic mass is 9.90. The molecule has 1 heterocycles. The molecular formula is C26H19N3O2. The number of para-hydroxylation sites is 1. The van der Waals surface area contributed by atoms with Gasteiger partial charge in [-0.25, -0.2) is 5.84 Å². The lowest BCUT2D eigenvalue weighted by molar-refractivity contribution is 0.0942. The van der Waals surface area contributed by atoms with E-state index >= 15 is 0 Å². The summed E-state index contributed by atoms with van der Waals surface area (Å²) < 4.78 is 0. The van der Waals surface area contributed by atoms with E-state index in [0.29, 0.717) is 16.7 Å². The second-order valence-electron chi connectivity index (χ2n) is 7.02. The van der Waals surface area contributed by atoms with Gasteiger partial charge >= 0.3 is 0 Å². The van der Waals surface area contributed by atoms with Gasteiger partial charge in [0.2, 0.25) is 0 Å². The normalized spacial score (nSPS) is 10.3. The molecule has 0 aliphatic carbocycles. The quantitative estimate of drug-likeness (QED) is 0.179. The Bertz CT molecular complexity index is 1370. The summed E-state index contributed by atoms with van der Waals surface area (Å²) in [5.41, 5.74) is 5.87. The van der Waals surface area contributed by atoms with Crippen LogP contribution in [0, 0.1) is 18.8 Å². The maximum Gasteiger partial charge on any atom is 0.265 e. The Morgan fingerprint density at radius 2 is 1.68 bits per heavy atom. The molecule has 5 nitrogen and oxygen atoms in total. The van der Waals surface area contributed by atoms with Gasteiger partial charge in [0, 0.05) is 28.3 Å². The summed E-state index contributed by atoms with van der Waals surface area (Å²) in [6.07, 6.45) is 1.69. The molecule has 0 fully saturated rings. The molecule has 1 aromatic heterocycles. The zero-order chi connectivity index (χ0) is 21.8. The number of nitrogens with two attached hydrogens (primary N) is 1. The fourth-order valence-electron chi connectivity index (χ4n) is 3.38. The predicted molar refractivity (Wildman–Crippen MR) is 120 cm³/mol. The van der Waals surface area contributed by atoms with Crippen LogP contribution in [0.15, 0.2) is 79.0 Å². The lowest BCUT2D eigenvalue weighted by Crippen LogP contribution is -2.31. The van der Waals surface area contributed by atoms with E-state index in [-0.39, 0.29) is 16.9 Å². The van der Waals surface area contributed by atoms with Crippen molar-refractivity contribution in [2.24, 2.45) is 5.84 Å². The van der Waals surface area contributed by atoms with Gasteiger partial charge in [0.1, 0.15) is 0 Å². The van der Waals surface area contributed by atoms with Gasteiger partial charge < -0.3 is 0 Å². The summed E-state index contributed by atoms with van der Waals surface area (Å²) in [4.78, 5) is 30.2. The molecule has 150 valence electrons. The average Bonchev–Trinajstić information content (AvgIpc) is 2.82. The molecule has 5 heteroatoms. The van der Waals surface area contributed by atoms with E-state index in [4.69, 9.17) is 5.84 Å². The maximum absolute atomic E-state index is 13.3. The van der Waals surface area contributed by atoms with Crippen LogP contribution >= 0.6 is 0 Å². The molecule has 0 aliphatic rings. The predicted octanol–water partition coefficient (Wildman–Crippen LogP) is 3.78. The van der Waals surface area contributed by atoms with Crippen LogP contribution in [0.4, 0.5) is 0 Å². The fraction of sp³-hybridized carbons (Fsp3) is 0.0385. The van der Waals surface area contributed by atoms with Crippen LogP contribution in [0.1, 0.15) is 43.0 Å². The molecule has 31 heavy (non-hydrogen) atoms. The standard InChI is InChI=1S/C26H19N3O2/c1-17-11-13-22(26(31)29-27)24(25(30)19-7-3-2-4-8-19)21(17)14-12-18-15-20-9-5-6-10-23(20)28-16-18/h2-11,13,15-16H,27H2,1H3,(H,29,31). The number of hydrogen-bond acceptors (Lipinski definition) is 4. The number of aryl methyl sites for hydroxylation is 1. The Labute approximate surface area is 179 Å². The van der Waals surface area contributed by atoms with Crippen molar-refractivity contribution in [3.63, 3.8) is 0 Å². The van der Waals surface area contributed by atoms with Gasteiger partial charge in [-0.05, 0) is 30.7 Å². The summed E-state index contributed by atoms with van der Waals surface area (Å²) >= 11 is 0. The van der Waals surface area contributed by atoms with Crippen LogP contribution in [0.2, 0.25) is 0 Å². The van der Waals surface area contributed by atoms with Crippen LogP contribution in [0.5, 0.6) is 0 Å². The molecule has 0 unspecified atom stereocenters. The van der Waals surface area contributed by atoms with Crippen LogP contribution < -0.4 is 11.3 Å². The highest BCUT2D eigenvalue weighted by Gasteiger charge is 2.22. The number of benzene rings is 3. The molecular weight excluding hydrogens is 386 g/mol. The number of ketones is 1. The van der Waals surface area contributed by atoms with Crippen molar-refractivity contribution < 1.29 is 9.59 Å². The Kier molecular flexibility index (Phi) is 5.57. The van der Waals surface area contributed by atoms with E-state index in [0.717, 1.165) is 16.5 Å². The zero-order valence-corrected chi connectivity index (χ0v) is 16.8. The topological polar surface area (TPSA) is 85.1 Å². The third-order valence-corrected chi connectivity index (χ3v) is 4.97. The number of hydrazine groups is 1. The Morgan fingerprint density at radius 1 is 0.935 bits per heavy atom. The molecule has 4 aromatic rings. The Morgan fingerprint density at radius 3 is 2.45 bits per heavy atom. The van der Waals surface area contributed by atoms with E-state index in [1.807, 2.05) is 43.3 Å². The van der Waals surface area contributed by atoms with Gasteiger partial charge in [0.05, 0.1) is 16.6 Å². The summed E-state index contributed by atoms with van der Waals surface area (Å²) in [7, 11) is 0. The third-order valence-electron chi connectivity index (χ3n) is 4.97. The summed E-state index contributed by atoms with van der Waals surface area (Å²) in [6.45, 7) is 1.86. The van der Waals surface area contributed by atoms with Gasteiger partial charge in [0.15, 0.2) is 5.78 Å². The molecule has 0 saturated carbocycles. The van der Waals surface area contributed by atoms with Crippen molar-refractivity contribution in [3.8, 4) is 11.8 Å². The van der Waals surface area contributed by atoms with Gasteiger partial charge in [-0.15, -0.1) is 0 Å². The minimum Gasteiger partial charge on any atom is -0.290 e. The molecule has 0 saturated heterocycles. The number of pyridine rings is 1. The van der Waals surface area contributed by atoms with Crippen molar-refractivity contribution in [2.45, 2.75) is 6.92 Å². The van der Waals surface area contributed by atoms with Crippen LogP contribution in [0.25, 0.3) is 10.9 Å². The molecule has 0 spiro atoms. The number of carbonyl (C=O) groups excluding carboxylic acids is 2.